The number of ether oxygens (including phenoxy) is 1. The molecule has 0 radical (unpaired) electrons. The number of halogens is 2. The Morgan fingerprint density at radius 1 is 1.22 bits per heavy atom. The van der Waals surface area contributed by atoms with E-state index in [1.54, 1.807) is 35.2 Å². The normalized spacial score (nSPS) is 21.1. The number of piperidine rings is 1. The summed E-state index contributed by atoms with van der Waals surface area (Å²) in [6.45, 7) is 0.738. The van der Waals surface area contributed by atoms with Crippen molar-refractivity contribution >= 4 is 63.8 Å². The number of nitrogens with zero attached hydrogens (tertiary/aromatic N) is 2. The van der Waals surface area contributed by atoms with Crippen LogP contribution in [0, 0.1) is 5.92 Å². The summed E-state index contributed by atoms with van der Waals surface area (Å²) in [5, 5.41) is 12.5. The SMILES string of the molecule is O=C(NC[C@H]1CN(c2ccc(N3CCCC(CO)C3=O)c(Cl)c2)C(=O)O1)c1ccc(Cl)s1. The molecule has 2 aromatic rings. The van der Waals surface area contributed by atoms with Crippen molar-refractivity contribution in [2.45, 2.75) is 18.9 Å². The fourth-order valence-corrected chi connectivity index (χ4v) is 5.05. The maximum Gasteiger partial charge on any atom is 0.414 e. The van der Waals surface area contributed by atoms with Crippen molar-refractivity contribution < 1.29 is 24.2 Å². The number of amides is 3. The third-order valence-electron chi connectivity index (χ3n) is 5.47. The average molecular weight is 498 g/mol. The van der Waals surface area contributed by atoms with Gasteiger partial charge in [-0.1, -0.05) is 23.2 Å². The molecule has 2 aliphatic rings. The first-order valence-electron chi connectivity index (χ1n) is 10.1. The fourth-order valence-electron chi connectivity index (χ4n) is 3.81. The Labute approximate surface area is 198 Å². The van der Waals surface area contributed by atoms with Gasteiger partial charge in [-0.05, 0) is 43.2 Å². The van der Waals surface area contributed by atoms with Crippen molar-refractivity contribution in [3.05, 3.63) is 44.6 Å². The Morgan fingerprint density at radius 3 is 2.72 bits per heavy atom. The molecule has 4 rings (SSSR count). The van der Waals surface area contributed by atoms with E-state index in [4.69, 9.17) is 27.9 Å². The molecule has 0 spiro atoms. The molecule has 0 bridgehead atoms. The van der Waals surface area contributed by atoms with Gasteiger partial charge in [-0.2, -0.15) is 0 Å². The quantitative estimate of drug-likeness (QED) is 0.635. The molecule has 8 nitrogen and oxygen atoms in total. The summed E-state index contributed by atoms with van der Waals surface area (Å²) >= 11 is 13.5. The molecule has 170 valence electrons. The largest absolute Gasteiger partial charge is 0.442 e. The first kappa shape index (κ1) is 22.8. The molecule has 2 aliphatic heterocycles. The van der Waals surface area contributed by atoms with Crippen LogP contribution in [-0.2, 0) is 9.53 Å². The van der Waals surface area contributed by atoms with Crippen LogP contribution in [0.25, 0.3) is 0 Å². The summed E-state index contributed by atoms with van der Waals surface area (Å²) in [5.74, 6) is -0.859. The molecule has 2 saturated heterocycles. The molecule has 3 heterocycles. The van der Waals surface area contributed by atoms with Crippen LogP contribution in [0.1, 0.15) is 22.5 Å². The zero-order chi connectivity index (χ0) is 22.8. The van der Waals surface area contributed by atoms with Crippen LogP contribution in [0.5, 0.6) is 0 Å². The summed E-state index contributed by atoms with van der Waals surface area (Å²) < 4.78 is 5.89. The summed E-state index contributed by atoms with van der Waals surface area (Å²) in [7, 11) is 0. The highest BCUT2D eigenvalue weighted by atomic mass is 35.5. The van der Waals surface area contributed by atoms with E-state index in [0.717, 1.165) is 6.42 Å². The molecule has 1 aromatic heterocycles. The number of benzene rings is 1. The minimum absolute atomic E-state index is 0.156. The fraction of sp³-hybridized carbons (Fsp3) is 0.381. The van der Waals surface area contributed by atoms with Gasteiger partial charge < -0.3 is 20.1 Å². The van der Waals surface area contributed by atoms with Gasteiger partial charge in [0.15, 0.2) is 0 Å². The molecular weight excluding hydrogens is 477 g/mol. The highest BCUT2D eigenvalue weighted by Gasteiger charge is 2.34. The van der Waals surface area contributed by atoms with E-state index in [0.29, 0.717) is 38.6 Å². The second kappa shape index (κ2) is 9.66. The van der Waals surface area contributed by atoms with Crippen LogP contribution in [0.3, 0.4) is 0 Å². The van der Waals surface area contributed by atoms with E-state index >= 15 is 0 Å². The number of hydrogen-bond donors (Lipinski definition) is 2. The van der Waals surface area contributed by atoms with E-state index in [2.05, 4.69) is 5.32 Å². The maximum absolute atomic E-state index is 12.6. The number of carbonyl (C=O) groups excluding carboxylic acids is 3. The first-order valence-corrected chi connectivity index (χ1v) is 11.7. The predicted octanol–water partition coefficient (Wildman–Crippen LogP) is 3.55. The molecule has 2 fully saturated rings. The Hall–Kier alpha value is -2.33. The number of nitrogens with one attached hydrogen (secondary N) is 1. The van der Waals surface area contributed by atoms with Gasteiger partial charge in [-0.15, -0.1) is 11.3 Å². The van der Waals surface area contributed by atoms with Crippen LogP contribution in [0.15, 0.2) is 30.3 Å². The van der Waals surface area contributed by atoms with Crippen LogP contribution in [0.2, 0.25) is 9.36 Å². The van der Waals surface area contributed by atoms with Gasteiger partial charge in [0.25, 0.3) is 5.91 Å². The number of aliphatic hydroxyl groups is 1. The van der Waals surface area contributed by atoms with Gasteiger partial charge >= 0.3 is 6.09 Å². The summed E-state index contributed by atoms with van der Waals surface area (Å²) in [4.78, 5) is 40.6. The number of cyclic esters (lactones) is 1. The minimum Gasteiger partial charge on any atom is -0.442 e. The number of aliphatic hydroxyl groups excluding tert-OH is 1. The molecule has 1 aromatic carbocycles. The summed E-state index contributed by atoms with van der Waals surface area (Å²) in [5.41, 5.74) is 1.08. The van der Waals surface area contributed by atoms with Gasteiger partial charge in [0, 0.05) is 12.2 Å². The third-order valence-corrected chi connectivity index (χ3v) is 7.00. The molecular formula is C21H21Cl2N3O5S. The zero-order valence-electron chi connectivity index (χ0n) is 16.9. The minimum atomic E-state index is -0.540. The summed E-state index contributed by atoms with van der Waals surface area (Å²) in [6.07, 6.45) is 0.368. The lowest BCUT2D eigenvalue weighted by molar-refractivity contribution is -0.125. The Kier molecular flexibility index (Phi) is 6.90. The Morgan fingerprint density at radius 2 is 2.03 bits per heavy atom. The highest BCUT2D eigenvalue weighted by molar-refractivity contribution is 7.18. The standard InChI is InChI=1S/C21H21Cl2N3O5S/c22-15-8-13(3-4-16(15)25-7-1-2-12(11-27)20(25)29)26-10-14(31-21(26)30)9-24-19(28)17-5-6-18(23)32-17/h3-6,8,12,14,27H,1-2,7,9-11H2,(H,24,28)/t12?,14-/m0/s1. The van der Waals surface area contributed by atoms with Crippen molar-refractivity contribution in [1.82, 2.24) is 5.32 Å². The van der Waals surface area contributed by atoms with E-state index in [-0.39, 0.29) is 31.5 Å². The lowest BCUT2D eigenvalue weighted by Crippen LogP contribution is -2.42. The number of thiophene rings is 1. The summed E-state index contributed by atoms with van der Waals surface area (Å²) in [6, 6.07) is 8.29. The van der Waals surface area contributed by atoms with Crippen molar-refractivity contribution in [2.75, 3.05) is 36.0 Å². The monoisotopic (exact) mass is 497 g/mol. The van der Waals surface area contributed by atoms with Gasteiger partial charge in [0.05, 0.1) is 45.5 Å². The molecule has 1 unspecified atom stereocenters. The molecule has 2 atom stereocenters. The zero-order valence-corrected chi connectivity index (χ0v) is 19.3. The number of hydrogen-bond acceptors (Lipinski definition) is 6. The van der Waals surface area contributed by atoms with Crippen molar-refractivity contribution in [3.8, 4) is 0 Å². The van der Waals surface area contributed by atoms with Crippen LogP contribution >= 0.6 is 34.5 Å². The van der Waals surface area contributed by atoms with E-state index in [9.17, 15) is 19.5 Å². The molecule has 0 saturated carbocycles. The lowest BCUT2D eigenvalue weighted by atomic mass is 9.97. The van der Waals surface area contributed by atoms with Crippen molar-refractivity contribution in [1.29, 1.82) is 0 Å². The van der Waals surface area contributed by atoms with Gasteiger partial charge in [0.2, 0.25) is 5.91 Å². The van der Waals surface area contributed by atoms with Crippen molar-refractivity contribution in [3.63, 3.8) is 0 Å². The number of rotatable bonds is 6. The van der Waals surface area contributed by atoms with Crippen LogP contribution in [0.4, 0.5) is 16.2 Å². The molecule has 0 aliphatic carbocycles. The average Bonchev–Trinajstić information content (AvgIpc) is 3.38. The van der Waals surface area contributed by atoms with Gasteiger partial charge in [-0.3, -0.25) is 14.5 Å². The Balaban J connectivity index is 1.40. The molecule has 32 heavy (non-hydrogen) atoms. The smallest absolute Gasteiger partial charge is 0.414 e. The molecule has 3 amide bonds. The second-order valence-electron chi connectivity index (χ2n) is 7.58. The highest BCUT2D eigenvalue weighted by Crippen LogP contribution is 2.34. The first-order chi connectivity index (χ1) is 15.4. The van der Waals surface area contributed by atoms with E-state index < -0.39 is 18.1 Å². The number of carbonyl (C=O) groups is 3. The Bertz CT molecular complexity index is 1050. The van der Waals surface area contributed by atoms with Gasteiger partial charge in [0.1, 0.15) is 6.10 Å². The number of anilines is 2. The van der Waals surface area contributed by atoms with Gasteiger partial charge in [-0.25, -0.2) is 4.79 Å². The topological polar surface area (TPSA) is 99.2 Å². The molecule has 2 N–H and O–H groups in total. The van der Waals surface area contributed by atoms with E-state index in [1.807, 2.05) is 0 Å². The van der Waals surface area contributed by atoms with E-state index in [1.165, 1.54) is 16.2 Å². The maximum atomic E-state index is 12.6. The van der Waals surface area contributed by atoms with Crippen LogP contribution < -0.4 is 15.1 Å². The molecule has 11 heteroatoms. The second-order valence-corrected chi connectivity index (χ2v) is 9.70. The predicted molar refractivity (Wildman–Crippen MR) is 123 cm³/mol. The third kappa shape index (κ3) is 4.71. The lowest BCUT2D eigenvalue weighted by Gasteiger charge is -2.32. The van der Waals surface area contributed by atoms with Crippen molar-refractivity contribution in [2.24, 2.45) is 5.92 Å². The van der Waals surface area contributed by atoms with Crippen LogP contribution in [-0.4, -0.2) is 55.4 Å².